The lowest BCUT2D eigenvalue weighted by molar-refractivity contribution is 0.553. The van der Waals surface area contributed by atoms with Gasteiger partial charge in [-0.3, -0.25) is 0 Å². The van der Waals surface area contributed by atoms with Gasteiger partial charge in [-0.05, 0) is 19.3 Å². The van der Waals surface area contributed by atoms with Crippen LogP contribution in [-0.4, -0.2) is 51.6 Å². The molecule has 0 aromatic carbocycles. The topological polar surface area (TPSA) is 66.0 Å². The number of nitrogens with one attached hydrogen (secondary N) is 2. The summed E-state index contributed by atoms with van der Waals surface area (Å²) < 4.78 is 0. The smallest absolute Gasteiger partial charge is 0.232 e. The summed E-state index contributed by atoms with van der Waals surface area (Å²) in [5, 5.41) is 7.68. The van der Waals surface area contributed by atoms with E-state index in [0.29, 0.717) is 11.3 Å². The molecule has 0 radical (unpaired) electrons. The number of anilines is 3. The number of unbranched alkanes of at least 4 members (excludes halogenated alkanes) is 18. The Hall–Kier alpha value is -1.24. The Bertz CT molecular complexity index is 704. The molecule has 0 spiro atoms. The molecule has 2 atom stereocenters. The van der Waals surface area contributed by atoms with Gasteiger partial charge in [-0.1, -0.05) is 143 Å². The van der Waals surface area contributed by atoms with Gasteiger partial charge >= 0.3 is 0 Å². The molecule has 1 aromatic heterocycles. The number of nitrogens with zero attached hydrogens (tertiary/aromatic N) is 4. The number of hydrogen-bond donors (Lipinski definition) is 2. The SMILES string of the molecule is CCCCCCCCCCCCNc1nc(NCCCCCCCCCCCC)nc(N2CCSC(C)C2CC)n1. The standard InChI is InChI=1S/C34H66N6S/c1-5-8-10-12-14-16-18-20-22-24-26-35-32-37-33(36-27-25-23-21-19-17-15-13-11-9-6-2)39-34(38-32)40-28-29-41-30(4)31(40)7-3/h30-31H,5-29H2,1-4H3,(H2,35,36,37,38,39). The van der Waals surface area contributed by atoms with Gasteiger partial charge in [0.2, 0.25) is 17.8 Å². The van der Waals surface area contributed by atoms with Crippen LogP contribution in [0.4, 0.5) is 17.8 Å². The Labute approximate surface area is 258 Å². The molecule has 1 aliphatic heterocycles. The van der Waals surface area contributed by atoms with E-state index in [1.54, 1.807) is 0 Å². The molecule has 2 rings (SSSR count). The van der Waals surface area contributed by atoms with Crippen LogP contribution in [0, 0.1) is 0 Å². The fourth-order valence-corrected chi connectivity index (χ4v) is 7.18. The first-order chi connectivity index (χ1) is 20.2. The quantitative estimate of drug-likeness (QED) is 0.104. The summed E-state index contributed by atoms with van der Waals surface area (Å²) in [6.07, 6.45) is 28.2. The van der Waals surface area contributed by atoms with Gasteiger partial charge in [0.05, 0.1) is 0 Å². The van der Waals surface area contributed by atoms with Crippen molar-refractivity contribution < 1.29 is 0 Å². The van der Waals surface area contributed by atoms with E-state index < -0.39 is 0 Å². The zero-order chi connectivity index (χ0) is 29.4. The average Bonchev–Trinajstić information content (AvgIpc) is 2.98. The van der Waals surface area contributed by atoms with Crippen molar-refractivity contribution in [3.05, 3.63) is 0 Å². The predicted octanol–water partition coefficient (Wildman–Crippen LogP) is 10.3. The average molecular weight is 591 g/mol. The lowest BCUT2D eigenvalue weighted by Gasteiger charge is -2.39. The second kappa shape index (κ2) is 24.2. The van der Waals surface area contributed by atoms with Crippen LogP contribution in [0.1, 0.15) is 163 Å². The fourth-order valence-electron chi connectivity index (χ4n) is 5.94. The molecule has 1 saturated heterocycles. The second-order valence-electron chi connectivity index (χ2n) is 12.2. The van der Waals surface area contributed by atoms with Gasteiger partial charge < -0.3 is 15.5 Å². The maximum Gasteiger partial charge on any atom is 0.232 e. The lowest BCUT2D eigenvalue weighted by atomic mass is 10.1. The molecule has 1 aromatic rings. The number of aromatic nitrogens is 3. The first-order valence-electron chi connectivity index (χ1n) is 17.8. The van der Waals surface area contributed by atoms with E-state index in [9.17, 15) is 0 Å². The van der Waals surface area contributed by atoms with Crippen LogP contribution in [0.25, 0.3) is 0 Å². The molecule has 2 N–H and O–H groups in total. The predicted molar refractivity (Wildman–Crippen MR) is 184 cm³/mol. The third-order valence-electron chi connectivity index (χ3n) is 8.58. The van der Waals surface area contributed by atoms with Crippen LogP contribution in [0.15, 0.2) is 0 Å². The van der Waals surface area contributed by atoms with Gasteiger partial charge in [0, 0.05) is 36.7 Å². The summed E-state index contributed by atoms with van der Waals surface area (Å²) >= 11 is 2.07. The normalized spacial score (nSPS) is 17.2. The summed E-state index contributed by atoms with van der Waals surface area (Å²) in [5.41, 5.74) is 0. The molecule has 41 heavy (non-hydrogen) atoms. The molecule has 0 bridgehead atoms. The highest BCUT2D eigenvalue weighted by molar-refractivity contribution is 8.00. The lowest BCUT2D eigenvalue weighted by Crippen LogP contribution is -2.47. The molecular weight excluding hydrogens is 524 g/mol. The molecule has 2 unspecified atom stereocenters. The fraction of sp³-hybridized carbons (Fsp3) is 0.912. The molecule has 2 heterocycles. The van der Waals surface area contributed by atoms with Gasteiger partial charge in [-0.25, -0.2) is 0 Å². The molecule has 0 aliphatic carbocycles. The summed E-state index contributed by atoms with van der Waals surface area (Å²) in [5.74, 6) is 3.44. The highest BCUT2D eigenvalue weighted by atomic mass is 32.2. The third-order valence-corrected chi connectivity index (χ3v) is 9.84. The largest absolute Gasteiger partial charge is 0.354 e. The van der Waals surface area contributed by atoms with Crippen molar-refractivity contribution in [2.45, 2.75) is 174 Å². The zero-order valence-corrected chi connectivity index (χ0v) is 28.3. The summed E-state index contributed by atoms with van der Waals surface area (Å²) in [6.45, 7) is 12.1. The van der Waals surface area contributed by atoms with Crippen molar-refractivity contribution in [2.75, 3.05) is 40.9 Å². The maximum absolute atomic E-state index is 4.92. The Morgan fingerprint density at radius 1 is 0.610 bits per heavy atom. The molecule has 0 saturated carbocycles. The first kappa shape index (κ1) is 36.0. The summed E-state index contributed by atoms with van der Waals surface area (Å²) in [6, 6.07) is 0.473. The number of hydrogen-bond acceptors (Lipinski definition) is 7. The number of thioether (sulfide) groups is 1. The summed E-state index contributed by atoms with van der Waals surface area (Å²) in [4.78, 5) is 17.1. The Balaban J connectivity index is 1.78. The van der Waals surface area contributed by atoms with Crippen LogP contribution in [-0.2, 0) is 0 Å². The zero-order valence-electron chi connectivity index (χ0n) is 27.5. The van der Waals surface area contributed by atoms with E-state index in [1.807, 2.05) is 0 Å². The Morgan fingerprint density at radius 2 is 1.02 bits per heavy atom. The minimum atomic E-state index is 0.473. The Morgan fingerprint density at radius 3 is 1.44 bits per heavy atom. The molecule has 1 fully saturated rings. The Kier molecular flexibility index (Phi) is 21.2. The molecule has 238 valence electrons. The van der Waals surface area contributed by atoms with E-state index in [2.05, 4.69) is 55.0 Å². The van der Waals surface area contributed by atoms with Crippen LogP contribution >= 0.6 is 11.8 Å². The highest BCUT2D eigenvalue weighted by Crippen LogP contribution is 2.30. The van der Waals surface area contributed by atoms with Crippen LogP contribution < -0.4 is 15.5 Å². The molecule has 1 aliphatic rings. The van der Waals surface area contributed by atoms with Crippen molar-refractivity contribution in [1.82, 2.24) is 15.0 Å². The first-order valence-corrected chi connectivity index (χ1v) is 18.9. The molecule has 6 nitrogen and oxygen atoms in total. The minimum absolute atomic E-state index is 0.473. The minimum Gasteiger partial charge on any atom is -0.354 e. The van der Waals surface area contributed by atoms with Gasteiger partial charge in [0.25, 0.3) is 0 Å². The van der Waals surface area contributed by atoms with Crippen molar-refractivity contribution in [3.63, 3.8) is 0 Å². The van der Waals surface area contributed by atoms with Crippen molar-refractivity contribution in [3.8, 4) is 0 Å². The third kappa shape index (κ3) is 16.3. The van der Waals surface area contributed by atoms with E-state index in [4.69, 9.17) is 15.0 Å². The number of rotatable bonds is 26. The second-order valence-corrected chi connectivity index (χ2v) is 13.7. The van der Waals surface area contributed by atoms with Gasteiger partial charge in [0.1, 0.15) is 0 Å². The van der Waals surface area contributed by atoms with E-state index in [-0.39, 0.29) is 0 Å². The van der Waals surface area contributed by atoms with Crippen molar-refractivity contribution in [1.29, 1.82) is 0 Å². The summed E-state index contributed by atoms with van der Waals surface area (Å²) in [7, 11) is 0. The molecular formula is C34H66N6S. The van der Waals surface area contributed by atoms with Crippen molar-refractivity contribution >= 4 is 29.6 Å². The van der Waals surface area contributed by atoms with E-state index in [1.165, 1.54) is 128 Å². The molecule has 7 heteroatoms. The monoisotopic (exact) mass is 591 g/mol. The van der Waals surface area contributed by atoms with Gasteiger partial charge in [-0.2, -0.15) is 26.7 Å². The van der Waals surface area contributed by atoms with Gasteiger partial charge in [0.15, 0.2) is 0 Å². The van der Waals surface area contributed by atoms with Crippen LogP contribution in [0.5, 0.6) is 0 Å². The van der Waals surface area contributed by atoms with Crippen LogP contribution in [0.3, 0.4) is 0 Å². The maximum atomic E-state index is 4.92. The van der Waals surface area contributed by atoms with Gasteiger partial charge in [-0.15, -0.1) is 0 Å². The van der Waals surface area contributed by atoms with E-state index >= 15 is 0 Å². The van der Waals surface area contributed by atoms with Crippen molar-refractivity contribution in [2.24, 2.45) is 0 Å². The van der Waals surface area contributed by atoms with Crippen LogP contribution in [0.2, 0.25) is 0 Å². The highest BCUT2D eigenvalue weighted by Gasteiger charge is 2.30. The van der Waals surface area contributed by atoms with E-state index in [0.717, 1.165) is 49.7 Å². The molecule has 0 amide bonds.